The maximum atomic E-state index is 9.84. The summed E-state index contributed by atoms with van der Waals surface area (Å²) in [7, 11) is 0. The molecule has 3 heteroatoms. The van der Waals surface area contributed by atoms with Gasteiger partial charge < -0.3 is 10.4 Å². The molecule has 16 heavy (non-hydrogen) atoms. The lowest BCUT2D eigenvalue weighted by Crippen LogP contribution is -2.33. The first-order valence-corrected chi connectivity index (χ1v) is 7.07. The molecule has 2 atom stereocenters. The van der Waals surface area contributed by atoms with Gasteiger partial charge in [0.2, 0.25) is 0 Å². The lowest BCUT2D eigenvalue weighted by molar-refractivity contribution is 0.0695. The van der Waals surface area contributed by atoms with Crippen LogP contribution in [0.1, 0.15) is 36.1 Å². The summed E-state index contributed by atoms with van der Waals surface area (Å²) in [6.07, 6.45) is 4.57. The van der Waals surface area contributed by atoms with E-state index in [9.17, 15) is 5.11 Å². The Morgan fingerprint density at radius 3 is 2.94 bits per heavy atom. The van der Waals surface area contributed by atoms with Crippen molar-refractivity contribution in [1.82, 2.24) is 5.32 Å². The zero-order valence-corrected chi connectivity index (χ0v) is 10.7. The van der Waals surface area contributed by atoms with Crippen LogP contribution in [0.5, 0.6) is 0 Å². The molecule has 2 nitrogen and oxygen atoms in total. The van der Waals surface area contributed by atoms with Crippen LogP contribution in [0.3, 0.4) is 0 Å². The second kappa shape index (κ2) is 5.80. The minimum atomic E-state index is -0.0781. The first-order valence-electron chi connectivity index (χ1n) is 6.19. The Bertz CT molecular complexity index is 323. The van der Waals surface area contributed by atoms with Crippen molar-refractivity contribution < 1.29 is 5.11 Å². The molecule has 0 aromatic carbocycles. The standard InChI is InChI=1S/C13H21NOS/c1-10-6-7-16-13(10)9-14-8-11-4-2-3-5-12(11)15/h6-7,11-12,14-15H,2-5,8-9H2,1H3. The molecule has 0 bridgehead atoms. The third-order valence-electron chi connectivity index (χ3n) is 3.53. The summed E-state index contributed by atoms with van der Waals surface area (Å²) < 4.78 is 0. The molecule has 2 rings (SSSR count). The van der Waals surface area contributed by atoms with Gasteiger partial charge in [0.05, 0.1) is 6.10 Å². The summed E-state index contributed by atoms with van der Waals surface area (Å²) in [4.78, 5) is 1.42. The van der Waals surface area contributed by atoms with Crippen molar-refractivity contribution in [3.63, 3.8) is 0 Å². The minimum absolute atomic E-state index is 0.0781. The Morgan fingerprint density at radius 1 is 1.44 bits per heavy atom. The maximum absolute atomic E-state index is 9.84. The third kappa shape index (κ3) is 3.06. The van der Waals surface area contributed by atoms with Crippen LogP contribution in [-0.2, 0) is 6.54 Å². The Labute approximate surface area is 102 Å². The molecule has 0 spiro atoms. The van der Waals surface area contributed by atoms with E-state index in [1.54, 1.807) is 0 Å². The lowest BCUT2D eigenvalue weighted by Gasteiger charge is -2.27. The molecular weight excluding hydrogens is 218 g/mol. The quantitative estimate of drug-likeness (QED) is 0.846. The van der Waals surface area contributed by atoms with Crippen molar-refractivity contribution in [3.8, 4) is 0 Å². The second-order valence-corrected chi connectivity index (χ2v) is 5.77. The van der Waals surface area contributed by atoms with Gasteiger partial charge in [-0.25, -0.2) is 0 Å². The molecule has 2 unspecified atom stereocenters. The largest absolute Gasteiger partial charge is 0.393 e. The van der Waals surface area contributed by atoms with Gasteiger partial charge in [0, 0.05) is 18.0 Å². The predicted octanol–water partition coefficient (Wildman–Crippen LogP) is 2.70. The Morgan fingerprint density at radius 2 is 2.25 bits per heavy atom. The van der Waals surface area contributed by atoms with E-state index in [4.69, 9.17) is 0 Å². The Balaban J connectivity index is 1.73. The van der Waals surface area contributed by atoms with Gasteiger partial charge in [0.25, 0.3) is 0 Å². The fraction of sp³-hybridized carbons (Fsp3) is 0.692. The molecule has 0 radical (unpaired) electrons. The Hall–Kier alpha value is -0.380. The van der Waals surface area contributed by atoms with Crippen LogP contribution in [-0.4, -0.2) is 17.8 Å². The van der Waals surface area contributed by atoms with Crippen molar-refractivity contribution in [2.45, 2.75) is 45.3 Å². The molecule has 1 heterocycles. The number of thiophene rings is 1. The highest BCUT2D eigenvalue weighted by atomic mass is 32.1. The van der Waals surface area contributed by atoms with Crippen molar-refractivity contribution >= 4 is 11.3 Å². The number of aryl methyl sites for hydroxylation is 1. The van der Waals surface area contributed by atoms with Crippen LogP contribution in [0.25, 0.3) is 0 Å². The Kier molecular flexibility index (Phi) is 4.38. The topological polar surface area (TPSA) is 32.3 Å². The summed E-state index contributed by atoms with van der Waals surface area (Å²) in [5.41, 5.74) is 1.38. The molecule has 1 saturated carbocycles. The average Bonchev–Trinajstić information content (AvgIpc) is 2.67. The van der Waals surface area contributed by atoms with Gasteiger partial charge in [0.1, 0.15) is 0 Å². The maximum Gasteiger partial charge on any atom is 0.0580 e. The monoisotopic (exact) mass is 239 g/mol. The number of hydrogen-bond acceptors (Lipinski definition) is 3. The zero-order valence-electron chi connectivity index (χ0n) is 9.91. The zero-order chi connectivity index (χ0) is 11.4. The lowest BCUT2D eigenvalue weighted by atomic mass is 9.86. The van der Waals surface area contributed by atoms with Crippen LogP contribution < -0.4 is 5.32 Å². The number of aliphatic hydroxyl groups is 1. The molecule has 0 amide bonds. The normalized spacial score (nSPS) is 25.9. The molecule has 0 aliphatic heterocycles. The van der Waals surface area contributed by atoms with E-state index >= 15 is 0 Å². The molecule has 1 aliphatic rings. The van der Waals surface area contributed by atoms with E-state index in [1.165, 1.54) is 29.7 Å². The average molecular weight is 239 g/mol. The molecule has 1 aromatic rings. The van der Waals surface area contributed by atoms with Gasteiger partial charge in [-0.2, -0.15) is 0 Å². The minimum Gasteiger partial charge on any atom is -0.393 e. The summed E-state index contributed by atoms with van der Waals surface area (Å²) in [5.74, 6) is 0.467. The summed E-state index contributed by atoms with van der Waals surface area (Å²) >= 11 is 1.81. The van der Waals surface area contributed by atoms with Crippen molar-refractivity contribution in [1.29, 1.82) is 0 Å². The molecule has 2 N–H and O–H groups in total. The van der Waals surface area contributed by atoms with E-state index in [0.717, 1.165) is 19.5 Å². The van der Waals surface area contributed by atoms with Gasteiger partial charge in [-0.15, -0.1) is 11.3 Å². The molecular formula is C13H21NOS. The number of nitrogens with one attached hydrogen (secondary N) is 1. The van der Waals surface area contributed by atoms with E-state index in [2.05, 4.69) is 23.7 Å². The van der Waals surface area contributed by atoms with E-state index < -0.39 is 0 Å². The molecule has 90 valence electrons. The van der Waals surface area contributed by atoms with Crippen LogP contribution in [0.15, 0.2) is 11.4 Å². The van der Waals surface area contributed by atoms with Gasteiger partial charge in [-0.1, -0.05) is 12.8 Å². The number of rotatable bonds is 4. The fourth-order valence-corrected chi connectivity index (χ4v) is 3.26. The van der Waals surface area contributed by atoms with Gasteiger partial charge in [-0.05, 0) is 42.7 Å². The summed E-state index contributed by atoms with van der Waals surface area (Å²) in [5, 5.41) is 15.5. The molecule has 1 aromatic heterocycles. The smallest absolute Gasteiger partial charge is 0.0580 e. The second-order valence-electron chi connectivity index (χ2n) is 4.77. The number of hydrogen-bond donors (Lipinski definition) is 2. The van der Waals surface area contributed by atoms with E-state index in [-0.39, 0.29) is 6.10 Å². The van der Waals surface area contributed by atoms with Crippen LogP contribution >= 0.6 is 11.3 Å². The SMILES string of the molecule is Cc1ccsc1CNCC1CCCCC1O. The van der Waals surface area contributed by atoms with Gasteiger partial charge in [-0.3, -0.25) is 0 Å². The fourth-order valence-electron chi connectivity index (χ4n) is 2.38. The molecule has 1 aliphatic carbocycles. The van der Waals surface area contributed by atoms with Crippen LogP contribution in [0.2, 0.25) is 0 Å². The number of aliphatic hydroxyl groups excluding tert-OH is 1. The first-order chi connectivity index (χ1) is 7.77. The third-order valence-corrected chi connectivity index (χ3v) is 4.55. The van der Waals surface area contributed by atoms with Crippen LogP contribution in [0.4, 0.5) is 0 Å². The van der Waals surface area contributed by atoms with Gasteiger partial charge in [0.15, 0.2) is 0 Å². The highest BCUT2D eigenvalue weighted by Gasteiger charge is 2.22. The first kappa shape index (κ1) is 12.1. The summed E-state index contributed by atoms with van der Waals surface area (Å²) in [6.45, 7) is 4.06. The predicted molar refractivity (Wildman–Crippen MR) is 68.7 cm³/mol. The highest BCUT2D eigenvalue weighted by Crippen LogP contribution is 2.24. The van der Waals surface area contributed by atoms with Crippen molar-refractivity contribution in [3.05, 3.63) is 21.9 Å². The van der Waals surface area contributed by atoms with Crippen molar-refractivity contribution in [2.24, 2.45) is 5.92 Å². The summed E-state index contributed by atoms with van der Waals surface area (Å²) in [6, 6.07) is 2.16. The van der Waals surface area contributed by atoms with Gasteiger partial charge >= 0.3 is 0 Å². The highest BCUT2D eigenvalue weighted by molar-refractivity contribution is 7.10. The van der Waals surface area contributed by atoms with E-state index in [0.29, 0.717) is 5.92 Å². The van der Waals surface area contributed by atoms with Crippen LogP contribution in [0, 0.1) is 12.8 Å². The molecule has 1 fully saturated rings. The van der Waals surface area contributed by atoms with E-state index in [1.807, 2.05) is 11.3 Å². The molecule has 0 saturated heterocycles. The van der Waals surface area contributed by atoms with Crippen molar-refractivity contribution in [2.75, 3.05) is 6.54 Å².